The van der Waals surface area contributed by atoms with Crippen LogP contribution in [0.5, 0.6) is 0 Å². The quantitative estimate of drug-likeness (QED) is 0.503. The highest BCUT2D eigenvalue weighted by molar-refractivity contribution is 6.00. The number of carbonyl (C=O) groups excluding carboxylic acids is 1. The van der Waals surface area contributed by atoms with Crippen LogP contribution in [0.3, 0.4) is 0 Å². The van der Waals surface area contributed by atoms with E-state index in [9.17, 15) is 14.9 Å². The van der Waals surface area contributed by atoms with E-state index in [1.165, 1.54) is 36.6 Å². The Bertz CT molecular complexity index is 721. The van der Waals surface area contributed by atoms with Gasteiger partial charge in [0.1, 0.15) is 0 Å². The van der Waals surface area contributed by atoms with Crippen molar-refractivity contribution < 1.29 is 9.72 Å². The van der Waals surface area contributed by atoms with Gasteiger partial charge in [-0.3, -0.25) is 20.2 Å². The summed E-state index contributed by atoms with van der Waals surface area (Å²) in [5.74, 6) is -0.450. The maximum absolute atomic E-state index is 11.6. The van der Waals surface area contributed by atoms with E-state index < -0.39 is 10.8 Å². The first-order chi connectivity index (χ1) is 10.1. The molecule has 0 radical (unpaired) electrons. The summed E-state index contributed by atoms with van der Waals surface area (Å²) in [6, 6.07) is 5.90. The first kappa shape index (κ1) is 14.1. The molecule has 0 unspecified atom stereocenters. The van der Waals surface area contributed by atoms with Crippen molar-refractivity contribution in [1.82, 2.24) is 20.2 Å². The number of hydrogen-bond acceptors (Lipinski definition) is 6. The van der Waals surface area contributed by atoms with Gasteiger partial charge in [-0.1, -0.05) is 23.8 Å². The average Bonchev–Trinajstić information content (AvgIpc) is 2.93. The lowest BCUT2D eigenvalue weighted by Crippen LogP contribution is -2.09. The highest BCUT2D eigenvalue weighted by Gasteiger charge is 2.05. The van der Waals surface area contributed by atoms with Gasteiger partial charge in [0.2, 0.25) is 0 Å². The third-order valence-corrected chi connectivity index (χ3v) is 2.33. The minimum Gasteiger partial charge on any atom is -0.288 e. The number of carbonyl (C=O) groups is 1. The zero-order valence-corrected chi connectivity index (χ0v) is 10.7. The van der Waals surface area contributed by atoms with E-state index in [2.05, 4.69) is 27.3 Å². The molecule has 0 atom stereocenters. The fraction of sp³-hybridized carbons (Fsp3) is 0. The Kier molecular flexibility index (Phi) is 4.14. The van der Waals surface area contributed by atoms with Crippen LogP contribution in [0.25, 0.3) is 12.3 Å². The summed E-state index contributed by atoms with van der Waals surface area (Å²) >= 11 is 0. The van der Waals surface area contributed by atoms with Crippen molar-refractivity contribution in [3.63, 3.8) is 0 Å². The van der Waals surface area contributed by atoms with E-state index in [0.29, 0.717) is 5.56 Å². The Balaban J connectivity index is 2.03. The molecule has 1 aromatic carbocycles. The molecule has 0 bridgehead atoms. The number of amides is 1. The Morgan fingerprint density at radius 3 is 2.95 bits per heavy atom. The molecule has 0 saturated carbocycles. The number of anilines is 1. The number of tetrazole rings is 1. The van der Waals surface area contributed by atoms with Gasteiger partial charge in [-0.15, -0.1) is 9.90 Å². The lowest BCUT2D eigenvalue weighted by atomic mass is 10.2. The van der Waals surface area contributed by atoms with Crippen molar-refractivity contribution in [3.8, 4) is 0 Å². The molecule has 9 nitrogen and oxygen atoms in total. The standard InChI is InChI=1S/C12H10N6O3/c1-2-17-15-12(14-16-17)13-11(19)7-6-9-4-3-5-10(8-9)18(20)21/h2-8H,1H2,(H,13,15,19)/b7-6+. The fourth-order valence-corrected chi connectivity index (χ4v) is 1.42. The van der Waals surface area contributed by atoms with Gasteiger partial charge in [0.05, 0.1) is 4.92 Å². The van der Waals surface area contributed by atoms with E-state index in [4.69, 9.17) is 0 Å². The first-order valence-corrected chi connectivity index (χ1v) is 5.74. The molecule has 2 aromatic rings. The second-order valence-electron chi connectivity index (χ2n) is 3.79. The van der Waals surface area contributed by atoms with Crippen LogP contribution >= 0.6 is 0 Å². The molecular weight excluding hydrogens is 276 g/mol. The summed E-state index contributed by atoms with van der Waals surface area (Å²) in [6.07, 6.45) is 3.98. The Morgan fingerprint density at radius 2 is 2.29 bits per heavy atom. The molecule has 1 amide bonds. The number of nitrogens with zero attached hydrogens (tertiary/aromatic N) is 5. The van der Waals surface area contributed by atoms with E-state index in [1.807, 2.05) is 0 Å². The zero-order chi connectivity index (χ0) is 15.2. The number of benzene rings is 1. The molecule has 0 spiro atoms. The Labute approximate surface area is 118 Å². The number of non-ortho nitro benzene ring substituents is 1. The van der Waals surface area contributed by atoms with E-state index >= 15 is 0 Å². The van der Waals surface area contributed by atoms with Gasteiger partial charge >= 0.3 is 0 Å². The summed E-state index contributed by atoms with van der Waals surface area (Å²) in [7, 11) is 0. The lowest BCUT2D eigenvalue weighted by molar-refractivity contribution is -0.384. The van der Waals surface area contributed by atoms with Gasteiger partial charge in [-0.2, -0.15) is 0 Å². The molecule has 0 saturated heterocycles. The second-order valence-corrected chi connectivity index (χ2v) is 3.79. The van der Waals surface area contributed by atoms with Crippen LogP contribution in [0.2, 0.25) is 0 Å². The predicted octanol–water partition coefficient (Wildman–Crippen LogP) is 1.33. The van der Waals surface area contributed by atoms with Crippen LogP contribution in [0.4, 0.5) is 11.6 Å². The van der Waals surface area contributed by atoms with E-state index in [0.717, 1.165) is 4.80 Å². The third kappa shape index (κ3) is 3.80. The van der Waals surface area contributed by atoms with E-state index in [1.54, 1.807) is 6.07 Å². The average molecular weight is 286 g/mol. The number of aromatic nitrogens is 4. The summed E-state index contributed by atoms with van der Waals surface area (Å²) in [6.45, 7) is 3.44. The normalized spacial score (nSPS) is 10.5. The number of nitrogens with one attached hydrogen (secondary N) is 1. The maximum Gasteiger partial charge on any atom is 0.270 e. The molecule has 1 aromatic heterocycles. The smallest absolute Gasteiger partial charge is 0.270 e. The van der Waals surface area contributed by atoms with Crippen molar-refractivity contribution >= 4 is 29.8 Å². The maximum atomic E-state index is 11.6. The molecule has 2 rings (SSSR count). The van der Waals surface area contributed by atoms with Crippen LogP contribution < -0.4 is 5.32 Å². The number of rotatable bonds is 5. The fourth-order valence-electron chi connectivity index (χ4n) is 1.42. The minimum atomic E-state index is -0.505. The summed E-state index contributed by atoms with van der Waals surface area (Å²) < 4.78 is 0. The van der Waals surface area contributed by atoms with Crippen LogP contribution in [0.15, 0.2) is 36.9 Å². The van der Waals surface area contributed by atoms with E-state index in [-0.39, 0.29) is 11.6 Å². The summed E-state index contributed by atoms with van der Waals surface area (Å²) in [4.78, 5) is 22.9. The summed E-state index contributed by atoms with van der Waals surface area (Å²) in [5, 5.41) is 24.0. The second kappa shape index (κ2) is 6.19. The zero-order valence-electron chi connectivity index (χ0n) is 10.7. The van der Waals surface area contributed by atoms with Crippen LogP contribution in [-0.2, 0) is 4.79 Å². The van der Waals surface area contributed by atoms with Gasteiger partial charge in [0.25, 0.3) is 17.5 Å². The SMILES string of the molecule is C=Cn1nnc(NC(=O)/C=C/c2cccc([N+](=O)[O-])c2)n1. The first-order valence-electron chi connectivity index (χ1n) is 5.74. The van der Waals surface area contributed by atoms with Crippen LogP contribution in [0, 0.1) is 10.1 Å². The minimum absolute atomic E-state index is 0.0311. The lowest BCUT2D eigenvalue weighted by Gasteiger charge is -1.95. The van der Waals surface area contributed by atoms with Crippen molar-refractivity contribution in [2.75, 3.05) is 5.32 Å². The van der Waals surface area contributed by atoms with Crippen LogP contribution in [-0.4, -0.2) is 31.0 Å². The molecule has 0 aliphatic heterocycles. The Hall–Kier alpha value is -3.36. The van der Waals surface area contributed by atoms with Gasteiger partial charge < -0.3 is 0 Å². The predicted molar refractivity (Wildman–Crippen MR) is 75.0 cm³/mol. The molecule has 9 heteroatoms. The van der Waals surface area contributed by atoms with Gasteiger partial charge in [-0.25, -0.2) is 0 Å². The third-order valence-electron chi connectivity index (χ3n) is 2.33. The molecule has 0 fully saturated rings. The molecule has 21 heavy (non-hydrogen) atoms. The Morgan fingerprint density at radius 1 is 1.48 bits per heavy atom. The van der Waals surface area contributed by atoms with Crippen LogP contribution in [0.1, 0.15) is 5.56 Å². The van der Waals surface area contributed by atoms with Crippen molar-refractivity contribution in [2.45, 2.75) is 0 Å². The number of nitro benzene ring substituents is 1. The molecule has 106 valence electrons. The molecule has 0 aliphatic carbocycles. The van der Waals surface area contributed by atoms with Gasteiger partial charge in [0.15, 0.2) is 0 Å². The topological polar surface area (TPSA) is 116 Å². The summed E-state index contributed by atoms with van der Waals surface area (Å²) in [5.41, 5.74) is 0.482. The van der Waals surface area contributed by atoms with Gasteiger partial charge in [0, 0.05) is 24.4 Å². The molecular formula is C12H10N6O3. The van der Waals surface area contributed by atoms with Crippen molar-refractivity contribution in [3.05, 3.63) is 52.6 Å². The highest BCUT2D eigenvalue weighted by atomic mass is 16.6. The highest BCUT2D eigenvalue weighted by Crippen LogP contribution is 2.14. The van der Waals surface area contributed by atoms with Crippen molar-refractivity contribution in [2.24, 2.45) is 0 Å². The molecule has 1 heterocycles. The van der Waals surface area contributed by atoms with Crippen molar-refractivity contribution in [1.29, 1.82) is 0 Å². The number of nitro groups is 1. The van der Waals surface area contributed by atoms with Gasteiger partial charge in [-0.05, 0) is 16.9 Å². The largest absolute Gasteiger partial charge is 0.288 e. The molecule has 0 aliphatic rings. The number of hydrogen-bond donors (Lipinski definition) is 1. The molecule has 1 N–H and O–H groups in total. The monoisotopic (exact) mass is 286 g/mol.